The minimum atomic E-state index is -0.884. The third-order valence-corrected chi connectivity index (χ3v) is 3.83. The maximum atomic E-state index is 10.7. The Bertz CT molecular complexity index is 804. The van der Waals surface area contributed by atoms with Crippen LogP contribution in [0, 0.1) is 0 Å². The molecule has 0 saturated heterocycles. The molecule has 22 heavy (non-hydrogen) atoms. The van der Waals surface area contributed by atoms with Gasteiger partial charge in [-0.1, -0.05) is 66.7 Å². The molecule has 0 amide bonds. The van der Waals surface area contributed by atoms with Gasteiger partial charge in [-0.3, -0.25) is 4.79 Å². The average molecular weight is 291 g/mol. The highest BCUT2D eigenvalue weighted by Crippen LogP contribution is 2.29. The molecule has 0 fully saturated rings. The monoisotopic (exact) mass is 291 g/mol. The van der Waals surface area contributed by atoms with Gasteiger partial charge < -0.3 is 10.8 Å². The Morgan fingerprint density at radius 3 is 2.36 bits per heavy atom. The predicted octanol–water partition coefficient (Wildman–Crippen LogP) is 3.98. The summed E-state index contributed by atoms with van der Waals surface area (Å²) in [5.41, 5.74) is 9.00. The van der Waals surface area contributed by atoms with Gasteiger partial charge in [0, 0.05) is 6.04 Å². The molecule has 0 bridgehead atoms. The lowest BCUT2D eigenvalue weighted by atomic mass is 9.96. The van der Waals surface area contributed by atoms with Crippen LogP contribution in [0.2, 0.25) is 0 Å². The first kappa shape index (κ1) is 14.3. The molecule has 3 aromatic carbocycles. The SMILES string of the molecule is N[C@H](CC(=O)O)c1ccc(-c2cccc3ccccc23)cc1. The minimum Gasteiger partial charge on any atom is -0.481 e. The normalized spacial score (nSPS) is 12.2. The fraction of sp³-hybridized carbons (Fsp3) is 0.105. The summed E-state index contributed by atoms with van der Waals surface area (Å²) in [6, 6.07) is 21.8. The zero-order chi connectivity index (χ0) is 15.5. The lowest BCUT2D eigenvalue weighted by molar-refractivity contribution is -0.137. The van der Waals surface area contributed by atoms with E-state index in [1.54, 1.807) is 0 Å². The van der Waals surface area contributed by atoms with Crippen molar-refractivity contribution in [2.45, 2.75) is 12.5 Å². The van der Waals surface area contributed by atoms with Crippen LogP contribution in [-0.4, -0.2) is 11.1 Å². The molecule has 3 aromatic rings. The molecule has 3 heteroatoms. The van der Waals surface area contributed by atoms with Crippen LogP contribution in [0.5, 0.6) is 0 Å². The van der Waals surface area contributed by atoms with E-state index in [2.05, 4.69) is 24.3 Å². The number of carboxylic acids is 1. The first-order valence-corrected chi connectivity index (χ1v) is 7.20. The number of nitrogens with two attached hydrogens (primary N) is 1. The van der Waals surface area contributed by atoms with Crippen LogP contribution in [0.25, 0.3) is 21.9 Å². The molecular weight excluding hydrogens is 274 g/mol. The third-order valence-electron chi connectivity index (χ3n) is 3.83. The van der Waals surface area contributed by atoms with Gasteiger partial charge in [0.05, 0.1) is 6.42 Å². The van der Waals surface area contributed by atoms with E-state index < -0.39 is 12.0 Å². The average Bonchev–Trinajstić information content (AvgIpc) is 2.54. The van der Waals surface area contributed by atoms with Gasteiger partial charge in [-0.15, -0.1) is 0 Å². The molecule has 0 unspecified atom stereocenters. The highest BCUT2D eigenvalue weighted by atomic mass is 16.4. The van der Waals surface area contributed by atoms with Gasteiger partial charge >= 0.3 is 5.97 Å². The van der Waals surface area contributed by atoms with Crippen LogP contribution in [-0.2, 0) is 4.79 Å². The number of hydrogen-bond acceptors (Lipinski definition) is 2. The Kier molecular flexibility index (Phi) is 3.90. The summed E-state index contributed by atoms with van der Waals surface area (Å²) in [7, 11) is 0. The molecule has 110 valence electrons. The summed E-state index contributed by atoms with van der Waals surface area (Å²) >= 11 is 0. The molecule has 0 spiro atoms. The summed E-state index contributed by atoms with van der Waals surface area (Å²) < 4.78 is 0. The van der Waals surface area contributed by atoms with E-state index in [0.717, 1.165) is 16.7 Å². The number of rotatable bonds is 4. The van der Waals surface area contributed by atoms with E-state index in [-0.39, 0.29) is 6.42 Å². The number of benzene rings is 3. The minimum absolute atomic E-state index is 0.0619. The molecule has 0 saturated carbocycles. The Morgan fingerprint density at radius 1 is 0.955 bits per heavy atom. The van der Waals surface area contributed by atoms with Gasteiger partial charge in [-0.2, -0.15) is 0 Å². The smallest absolute Gasteiger partial charge is 0.305 e. The van der Waals surface area contributed by atoms with Gasteiger partial charge in [-0.25, -0.2) is 0 Å². The molecule has 0 radical (unpaired) electrons. The molecular formula is C19H17NO2. The number of aliphatic carboxylic acids is 1. The van der Waals surface area contributed by atoms with Gasteiger partial charge in [0.25, 0.3) is 0 Å². The number of hydrogen-bond donors (Lipinski definition) is 2. The summed E-state index contributed by atoms with van der Waals surface area (Å²) in [4.78, 5) is 10.7. The molecule has 3 rings (SSSR count). The number of carbonyl (C=O) groups is 1. The maximum Gasteiger partial charge on any atom is 0.305 e. The van der Waals surface area contributed by atoms with Crippen molar-refractivity contribution in [2.75, 3.05) is 0 Å². The fourth-order valence-electron chi connectivity index (χ4n) is 2.69. The van der Waals surface area contributed by atoms with Crippen molar-refractivity contribution in [3.8, 4) is 11.1 Å². The Hall–Kier alpha value is -2.65. The zero-order valence-corrected chi connectivity index (χ0v) is 12.1. The van der Waals surface area contributed by atoms with Crippen LogP contribution < -0.4 is 5.73 Å². The summed E-state index contributed by atoms with van der Waals surface area (Å²) in [5, 5.41) is 11.2. The summed E-state index contributed by atoms with van der Waals surface area (Å²) in [5.74, 6) is -0.884. The fourth-order valence-corrected chi connectivity index (χ4v) is 2.69. The van der Waals surface area contributed by atoms with Gasteiger partial charge in [0.15, 0.2) is 0 Å². The topological polar surface area (TPSA) is 63.3 Å². The maximum absolute atomic E-state index is 10.7. The first-order valence-electron chi connectivity index (χ1n) is 7.20. The van der Waals surface area contributed by atoms with Crippen molar-refractivity contribution in [2.24, 2.45) is 5.73 Å². The van der Waals surface area contributed by atoms with Crippen LogP contribution in [0.15, 0.2) is 66.7 Å². The zero-order valence-electron chi connectivity index (χ0n) is 12.1. The van der Waals surface area contributed by atoms with Gasteiger partial charge in [-0.05, 0) is 27.5 Å². The van der Waals surface area contributed by atoms with Crippen molar-refractivity contribution in [3.63, 3.8) is 0 Å². The van der Waals surface area contributed by atoms with Crippen molar-refractivity contribution >= 4 is 16.7 Å². The summed E-state index contributed by atoms with van der Waals surface area (Å²) in [6.07, 6.45) is -0.0619. The Balaban J connectivity index is 1.97. The second kappa shape index (κ2) is 6.00. The molecule has 3 N–H and O–H groups in total. The number of carboxylic acid groups (broad SMARTS) is 1. The number of fused-ring (bicyclic) bond motifs is 1. The molecule has 0 aliphatic rings. The van der Waals surface area contributed by atoms with Crippen LogP contribution in [0.1, 0.15) is 18.0 Å². The molecule has 1 atom stereocenters. The van der Waals surface area contributed by atoms with Crippen molar-refractivity contribution in [1.82, 2.24) is 0 Å². The van der Waals surface area contributed by atoms with E-state index in [1.165, 1.54) is 10.8 Å². The third kappa shape index (κ3) is 2.85. The quantitative estimate of drug-likeness (QED) is 0.764. The van der Waals surface area contributed by atoms with Crippen LogP contribution in [0.3, 0.4) is 0 Å². The molecule has 3 nitrogen and oxygen atoms in total. The Morgan fingerprint density at radius 2 is 1.64 bits per heavy atom. The lowest BCUT2D eigenvalue weighted by Gasteiger charge is -2.11. The first-order chi connectivity index (χ1) is 10.6. The van der Waals surface area contributed by atoms with E-state index in [9.17, 15) is 4.79 Å². The van der Waals surface area contributed by atoms with Crippen LogP contribution >= 0.6 is 0 Å². The standard InChI is InChI=1S/C19H17NO2/c20-18(12-19(21)22)15-10-8-14(9-11-15)17-7-3-5-13-4-1-2-6-16(13)17/h1-11,18H,12,20H2,(H,21,22)/t18-/m1/s1. The van der Waals surface area contributed by atoms with E-state index in [4.69, 9.17) is 10.8 Å². The van der Waals surface area contributed by atoms with E-state index >= 15 is 0 Å². The highest BCUT2D eigenvalue weighted by molar-refractivity contribution is 5.96. The second-order valence-corrected chi connectivity index (χ2v) is 5.35. The van der Waals surface area contributed by atoms with Gasteiger partial charge in [0.1, 0.15) is 0 Å². The molecule has 0 aliphatic heterocycles. The Labute approximate surface area is 129 Å². The molecule has 0 heterocycles. The van der Waals surface area contributed by atoms with Crippen molar-refractivity contribution in [1.29, 1.82) is 0 Å². The van der Waals surface area contributed by atoms with Crippen molar-refractivity contribution < 1.29 is 9.90 Å². The van der Waals surface area contributed by atoms with Crippen molar-refractivity contribution in [3.05, 3.63) is 72.3 Å². The van der Waals surface area contributed by atoms with Gasteiger partial charge in [0.2, 0.25) is 0 Å². The van der Waals surface area contributed by atoms with Crippen LogP contribution in [0.4, 0.5) is 0 Å². The second-order valence-electron chi connectivity index (χ2n) is 5.35. The van der Waals surface area contributed by atoms with E-state index in [1.807, 2.05) is 42.5 Å². The summed E-state index contributed by atoms with van der Waals surface area (Å²) in [6.45, 7) is 0. The lowest BCUT2D eigenvalue weighted by Crippen LogP contribution is -2.14. The molecule has 0 aliphatic carbocycles. The predicted molar refractivity (Wildman–Crippen MR) is 88.6 cm³/mol. The van der Waals surface area contributed by atoms with E-state index in [0.29, 0.717) is 0 Å². The highest BCUT2D eigenvalue weighted by Gasteiger charge is 2.11. The largest absolute Gasteiger partial charge is 0.481 e. The molecule has 0 aromatic heterocycles.